The van der Waals surface area contributed by atoms with Gasteiger partial charge in [0.15, 0.2) is 0 Å². The van der Waals surface area contributed by atoms with Crippen LogP contribution in [0.15, 0.2) is 18.2 Å². The molecule has 1 aromatic rings. The number of nitrogens with one attached hydrogen (secondary N) is 1. The topological polar surface area (TPSA) is 67.8 Å². The third-order valence-corrected chi connectivity index (χ3v) is 3.70. The van der Waals surface area contributed by atoms with Gasteiger partial charge in [0, 0.05) is 13.2 Å². The fourth-order valence-corrected chi connectivity index (χ4v) is 2.51. The van der Waals surface area contributed by atoms with Crippen LogP contribution in [0.3, 0.4) is 0 Å². The normalized spacial score (nSPS) is 19.4. The number of phenols is 1. The standard InChI is InChI=1S/C15H20ClNO4/c1-2-20-15(19)14(17-9-11-4-3-7-21-11)10-5-6-13(18)12(16)8-10/h5-6,8,11,14,17-18H,2-4,7,9H2,1H3. The second kappa shape index (κ2) is 7.64. The third-order valence-electron chi connectivity index (χ3n) is 3.40. The Morgan fingerprint density at radius 3 is 3.05 bits per heavy atom. The molecule has 2 N–H and O–H groups in total. The van der Waals surface area contributed by atoms with Gasteiger partial charge in [0.2, 0.25) is 0 Å². The Hall–Kier alpha value is -1.30. The van der Waals surface area contributed by atoms with E-state index in [4.69, 9.17) is 21.1 Å². The summed E-state index contributed by atoms with van der Waals surface area (Å²) >= 11 is 5.91. The zero-order valence-corrected chi connectivity index (χ0v) is 12.7. The van der Waals surface area contributed by atoms with E-state index in [0.717, 1.165) is 19.4 Å². The minimum atomic E-state index is -0.618. The molecule has 5 nitrogen and oxygen atoms in total. The molecule has 0 radical (unpaired) electrons. The monoisotopic (exact) mass is 313 g/mol. The molecule has 1 aliphatic rings. The van der Waals surface area contributed by atoms with Gasteiger partial charge >= 0.3 is 5.97 Å². The van der Waals surface area contributed by atoms with E-state index < -0.39 is 6.04 Å². The van der Waals surface area contributed by atoms with Gasteiger partial charge in [0.25, 0.3) is 0 Å². The highest BCUT2D eigenvalue weighted by Gasteiger charge is 2.25. The molecular weight excluding hydrogens is 294 g/mol. The Morgan fingerprint density at radius 2 is 2.43 bits per heavy atom. The second-order valence-electron chi connectivity index (χ2n) is 4.94. The first-order valence-electron chi connectivity index (χ1n) is 7.12. The van der Waals surface area contributed by atoms with Gasteiger partial charge in [-0.05, 0) is 37.5 Å². The highest BCUT2D eigenvalue weighted by atomic mass is 35.5. The predicted octanol–water partition coefficient (Wildman–Crippen LogP) is 2.42. The van der Waals surface area contributed by atoms with Crippen LogP contribution in [0.4, 0.5) is 0 Å². The molecule has 0 aliphatic carbocycles. The van der Waals surface area contributed by atoms with Crippen molar-refractivity contribution >= 4 is 17.6 Å². The van der Waals surface area contributed by atoms with Gasteiger partial charge in [-0.25, -0.2) is 4.79 Å². The molecule has 2 unspecified atom stereocenters. The van der Waals surface area contributed by atoms with Crippen molar-refractivity contribution in [2.24, 2.45) is 0 Å². The van der Waals surface area contributed by atoms with E-state index >= 15 is 0 Å². The van der Waals surface area contributed by atoms with Crippen LogP contribution >= 0.6 is 11.6 Å². The molecule has 0 bridgehead atoms. The van der Waals surface area contributed by atoms with Crippen molar-refractivity contribution in [2.75, 3.05) is 19.8 Å². The molecule has 6 heteroatoms. The quantitative estimate of drug-likeness (QED) is 0.789. The number of carbonyl (C=O) groups excluding carboxylic acids is 1. The summed E-state index contributed by atoms with van der Waals surface area (Å²) < 4.78 is 10.6. The summed E-state index contributed by atoms with van der Waals surface area (Å²) in [5.74, 6) is -0.376. The summed E-state index contributed by atoms with van der Waals surface area (Å²) in [6, 6.07) is 4.08. The molecule has 0 spiro atoms. The van der Waals surface area contributed by atoms with Crippen LogP contribution < -0.4 is 5.32 Å². The maximum atomic E-state index is 12.1. The fourth-order valence-electron chi connectivity index (χ4n) is 2.32. The molecule has 0 saturated carbocycles. The lowest BCUT2D eigenvalue weighted by Gasteiger charge is -2.20. The van der Waals surface area contributed by atoms with E-state index in [9.17, 15) is 9.90 Å². The zero-order chi connectivity index (χ0) is 15.2. The number of benzene rings is 1. The number of phenolic OH excluding ortho intramolecular Hbond substituents is 1. The highest BCUT2D eigenvalue weighted by molar-refractivity contribution is 6.32. The van der Waals surface area contributed by atoms with Crippen molar-refractivity contribution in [1.29, 1.82) is 0 Å². The maximum Gasteiger partial charge on any atom is 0.327 e. The summed E-state index contributed by atoms with van der Waals surface area (Å²) in [5.41, 5.74) is 0.661. The van der Waals surface area contributed by atoms with Gasteiger partial charge in [-0.1, -0.05) is 17.7 Å². The maximum absolute atomic E-state index is 12.1. The number of rotatable bonds is 6. The number of hydrogen-bond acceptors (Lipinski definition) is 5. The van der Waals surface area contributed by atoms with Gasteiger partial charge in [0.05, 0.1) is 17.7 Å². The molecule has 1 aliphatic heterocycles. The minimum absolute atomic E-state index is 0.0119. The van der Waals surface area contributed by atoms with Crippen molar-refractivity contribution in [3.8, 4) is 5.75 Å². The zero-order valence-electron chi connectivity index (χ0n) is 12.0. The van der Waals surface area contributed by atoms with E-state index in [1.54, 1.807) is 19.1 Å². The lowest BCUT2D eigenvalue weighted by atomic mass is 10.1. The second-order valence-corrected chi connectivity index (χ2v) is 5.35. The largest absolute Gasteiger partial charge is 0.506 e. The number of carbonyl (C=O) groups is 1. The summed E-state index contributed by atoms with van der Waals surface area (Å²) in [6.45, 7) is 3.41. The smallest absolute Gasteiger partial charge is 0.327 e. The molecule has 0 amide bonds. The number of esters is 1. The predicted molar refractivity (Wildman–Crippen MR) is 79.5 cm³/mol. The fraction of sp³-hybridized carbons (Fsp3) is 0.533. The SMILES string of the molecule is CCOC(=O)C(NCC1CCCO1)c1ccc(O)c(Cl)c1. The molecule has 116 valence electrons. The molecule has 2 atom stereocenters. The van der Waals surface area contributed by atoms with E-state index in [-0.39, 0.29) is 22.8 Å². The number of aromatic hydroxyl groups is 1. The lowest BCUT2D eigenvalue weighted by molar-refractivity contribution is -0.146. The molecule has 1 saturated heterocycles. The Kier molecular flexibility index (Phi) is 5.85. The van der Waals surface area contributed by atoms with Crippen LogP contribution in [0.2, 0.25) is 5.02 Å². The van der Waals surface area contributed by atoms with Crippen molar-refractivity contribution < 1.29 is 19.4 Å². The van der Waals surface area contributed by atoms with E-state index in [2.05, 4.69) is 5.32 Å². The molecular formula is C15H20ClNO4. The molecule has 1 heterocycles. The van der Waals surface area contributed by atoms with Crippen molar-refractivity contribution in [3.63, 3.8) is 0 Å². The van der Waals surface area contributed by atoms with Crippen molar-refractivity contribution in [1.82, 2.24) is 5.32 Å². The minimum Gasteiger partial charge on any atom is -0.506 e. The van der Waals surface area contributed by atoms with Crippen molar-refractivity contribution in [3.05, 3.63) is 28.8 Å². The summed E-state index contributed by atoms with van der Waals surface area (Å²) in [7, 11) is 0. The van der Waals surface area contributed by atoms with Crippen LogP contribution in [0.5, 0.6) is 5.75 Å². The average Bonchev–Trinajstić information content (AvgIpc) is 2.96. The van der Waals surface area contributed by atoms with Gasteiger partial charge in [-0.15, -0.1) is 0 Å². The van der Waals surface area contributed by atoms with Gasteiger partial charge in [-0.2, -0.15) is 0 Å². The van der Waals surface area contributed by atoms with Crippen molar-refractivity contribution in [2.45, 2.75) is 31.9 Å². The number of hydrogen-bond donors (Lipinski definition) is 2. The van der Waals surface area contributed by atoms with Crippen LogP contribution in [-0.2, 0) is 14.3 Å². The average molecular weight is 314 g/mol. The molecule has 1 fully saturated rings. The molecule has 2 rings (SSSR count). The summed E-state index contributed by atoms with van der Waals surface area (Å²) in [5, 5.41) is 12.9. The third kappa shape index (κ3) is 4.33. The van der Waals surface area contributed by atoms with E-state index in [1.165, 1.54) is 6.07 Å². The summed E-state index contributed by atoms with van der Waals surface area (Å²) in [6.07, 6.45) is 2.15. The number of halogens is 1. The van der Waals surface area contributed by atoms with Crippen LogP contribution in [-0.4, -0.2) is 36.9 Å². The number of ether oxygens (including phenoxy) is 2. The summed E-state index contributed by atoms with van der Waals surface area (Å²) in [4.78, 5) is 12.1. The Balaban J connectivity index is 2.09. The Labute approximate surface area is 129 Å². The van der Waals surface area contributed by atoms with E-state index in [1.807, 2.05) is 0 Å². The van der Waals surface area contributed by atoms with Gasteiger partial charge < -0.3 is 14.6 Å². The molecule has 21 heavy (non-hydrogen) atoms. The van der Waals surface area contributed by atoms with Crippen LogP contribution in [0, 0.1) is 0 Å². The first-order chi connectivity index (χ1) is 10.1. The molecule has 1 aromatic carbocycles. The van der Waals surface area contributed by atoms with Gasteiger partial charge in [-0.3, -0.25) is 5.32 Å². The first kappa shape index (κ1) is 16.1. The van der Waals surface area contributed by atoms with E-state index in [0.29, 0.717) is 18.7 Å². The Morgan fingerprint density at radius 1 is 1.62 bits per heavy atom. The Bertz CT molecular complexity index is 489. The van der Waals surface area contributed by atoms with Crippen LogP contribution in [0.1, 0.15) is 31.4 Å². The lowest BCUT2D eigenvalue weighted by Crippen LogP contribution is -2.35. The van der Waals surface area contributed by atoms with Crippen LogP contribution in [0.25, 0.3) is 0 Å². The first-order valence-corrected chi connectivity index (χ1v) is 7.49. The van der Waals surface area contributed by atoms with Gasteiger partial charge in [0.1, 0.15) is 11.8 Å². The molecule has 0 aromatic heterocycles. The highest BCUT2D eigenvalue weighted by Crippen LogP contribution is 2.27.